The summed E-state index contributed by atoms with van der Waals surface area (Å²) in [5.41, 5.74) is 1.31. The Morgan fingerprint density at radius 2 is 1.94 bits per heavy atom. The third kappa shape index (κ3) is 4.29. The van der Waals surface area contributed by atoms with Crippen molar-refractivity contribution in [2.45, 2.75) is 64.8 Å². The van der Waals surface area contributed by atoms with Crippen molar-refractivity contribution >= 4 is 0 Å². The van der Waals surface area contributed by atoms with Crippen molar-refractivity contribution in [1.82, 2.24) is 5.32 Å². The van der Waals surface area contributed by atoms with E-state index in [2.05, 4.69) is 32.8 Å². The van der Waals surface area contributed by atoms with Gasteiger partial charge in [-0.05, 0) is 45.1 Å². The van der Waals surface area contributed by atoms with Crippen molar-refractivity contribution < 1.29 is 0 Å². The predicted molar refractivity (Wildman–Crippen MR) is 72.6 cm³/mol. The first-order valence-electron chi connectivity index (χ1n) is 6.99. The van der Waals surface area contributed by atoms with Crippen LogP contribution in [0, 0.1) is 11.8 Å². The molecule has 0 bridgehead atoms. The maximum Gasteiger partial charge on any atom is 0.0129 e. The second-order valence-electron chi connectivity index (χ2n) is 5.63. The zero-order valence-electron chi connectivity index (χ0n) is 11.4. The summed E-state index contributed by atoms with van der Waals surface area (Å²) in [6, 6.07) is 0.667. The quantitative estimate of drug-likeness (QED) is 0.667. The summed E-state index contributed by atoms with van der Waals surface area (Å²) in [6.07, 6.45) is 9.69. The Balaban J connectivity index is 2.35. The van der Waals surface area contributed by atoms with Crippen LogP contribution in [0.25, 0.3) is 0 Å². The van der Waals surface area contributed by atoms with Gasteiger partial charge in [0.2, 0.25) is 0 Å². The standard InChI is InChI=1S/C15H29N/c1-5-6-13-7-9-14(10-8-13)15(16-4)11-12(2)3/h13-16H,2,5-11H2,1,3-4H3. The Morgan fingerprint density at radius 1 is 1.31 bits per heavy atom. The second kappa shape index (κ2) is 7.11. The van der Waals surface area contributed by atoms with Gasteiger partial charge in [-0.1, -0.05) is 38.2 Å². The van der Waals surface area contributed by atoms with Crippen molar-refractivity contribution in [3.05, 3.63) is 12.2 Å². The van der Waals surface area contributed by atoms with Gasteiger partial charge in [-0.2, -0.15) is 0 Å². The molecule has 0 radical (unpaired) electrons. The van der Waals surface area contributed by atoms with Crippen molar-refractivity contribution in [1.29, 1.82) is 0 Å². The Bertz CT molecular complexity index is 201. The van der Waals surface area contributed by atoms with E-state index in [1.165, 1.54) is 44.1 Å². The molecular weight excluding hydrogens is 194 g/mol. The molecule has 16 heavy (non-hydrogen) atoms. The molecule has 0 saturated heterocycles. The monoisotopic (exact) mass is 223 g/mol. The molecule has 1 atom stereocenters. The first-order valence-corrected chi connectivity index (χ1v) is 6.99. The van der Waals surface area contributed by atoms with Gasteiger partial charge in [-0.25, -0.2) is 0 Å². The molecule has 1 aliphatic carbocycles. The molecule has 1 fully saturated rings. The maximum atomic E-state index is 4.04. The van der Waals surface area contributed by atoms with Gasteiger partial charge in [-0.3, -0.25) is 0 Å². The summed E-state index contributed by atoms with van der Waals surface area (Å²) in [6.45, 7) is 8.50. The molecule has 0 aromatic heterocycles. The summed E-state index contributed by atoms with van der Waals surface area (Å²) in [4.78, 5) is 0. The normalized spacial score (nSPS) is 27.7. The predicted octanol–water partition coefficient (Wildman–Crippen LogP) is 4.15. The van der Waals surface area contributed by atoms with E-state index in [1.807, 2.05) is 0 Å². The lowest BCUT2D eigenvalue weighted by Crippen LogP contribution is -2.36. The summed E-state index contributed by atoms with van der Waals surface area (Å²) in [5, 5.41) is 3.49. The lowest BCUT2D eigenvalue weighted by atomic mass is 9.76. The molecule has 0 heterocycles. The van der Waals surface area contributed by atoms with Gasteiger partial charge in [0.05, 0.1) is 0 Å². The van der Waals surface area contributed by atoms with E-state index >= 15 is 0 Å². The first-order chi connectivity index (χ1) is 7.67. The average Bonchev–Trinajstić information content (AvgIpc) is 2.27. The molecule has 0 amide bonds. The lowest BCUT2D eigenvalue weighted by molar-refractivity contribution is 0.217. The summed E-state index contributed by atoms with van der Waals surface area (Å²) in [7, 11) is 2.10. The van der Waals surface area contributed by atoms with E-state index in [0.717, 1.165) is 18.3 Å². The summed E-state index contributed by atoms with van der Waals surface area (Å²) < 4.78 is 0. The van der Waals surface area contributed by atoms with Crippen molar-refractivity contribution in [3.8, 4) is 0 Å². The van der Waals surface area contributed by atoms with Crippen LogP contribution in [0.4, 0.5) is 0 Å². The van der Waals surface area contributed by atoms with Crippen LogP contribution in [0.3, 0.4) is 0 Å². The van der Waals surface area contributed by atoms with Crippen molar-refractivity contribution in [2.75, 3.05) is 7.05 Å². The number of hydrogen-bond acceptors (Lipinski definition) is 1. The zero-order valence-corrected chi connectivity index (χ0v) is 11.4. The molecular formula is C15H29N. The fourth-order valence-electron chi connectivity index (χ4n) is 3.17. The molecule has 1 unspecified atom stereocenters. The van der Waals surface area contributed by atoms with Crippen LogP contribution in [0.2, 0.25) is 0 Å². The molecule has 1 nitrogen and oxygen atoms in total. The van der Waals surface area contributed by atoms with Crippen LogP contribution in [0.15, 0.2) is 12.2 Å². The summed E-state index contributed by atoms with van der Waals surface area (Å²) >= 11 is 0. The Labute approximate surface area is 102 Å². The van der Waals surface area contributed by atoms with Gasteiger partial charge < -0.3 is 5.32 Å². The zero-order chi connectivity index (χ0) is 12.0. The van der Waals surface area contributed by atoms with Gasteiger partial charge in [0.25, 0.3) is 0 Å². The maximum absolute atomic E-state index is 4.04. The lowest BCUT2D eigenvalue weighted by Gasteiger charge is -2.34. The molecule has 1 N–H and O–H groups in total. The molecule has 0 aromatic carbocycles. The van der Waals surface area contributed by atoms with Gasteiger partial charge >= 0.3 is 0 Å². The Kier molecular flexibility index (Phi) is 6.12. The average molecular weight is 223 g/mol. The Hall–Kier alpha value is -0.300. The number of hydrogen-bond donors (Lipinski definition) is 1. The molecule has 94 valence electrons. The fraction of sp³-hybridized carbons (Fsp3) is 0.867. The minimum Gasteiger partial charge on any atom is -0.316 e. The van der Waals surface area contributed by atoms with E-state index in [4.69, 9.17) is 0 Å². The highest BCUT2D eigenvalue weighted by atomic mass is 14.9. The van der Waals surface area contributed by atoms with Crippen molar-refractivity contribution in [2.24, 2.45) is 11.8 Å². The van der Waals surface area contributed by atoms with Crippen LogP contribution in [0.5, 0.6) is 0 Å². The van der Waals surface area contributed by atoms with Crippen LogP contribution in [-0.2, 0) is 0 Å². The first kappa shape index (κ1) is 13.8. The van der Waals surface area contributed by atoms with Gasteiger partial charge in [0, 0.05) is 6.04 Å². The van der Waals surface area contributed by atoms with E-state index in [0.29, 0.717) is 6.04 Å². The summed E-state index contributed by atoms with van der Waals surface area (Å²) in [5.74, 6) is 1.90. The van der Waals surface area contributed by atoms with E-state index in [-0.39, 0.29) is 0 Å². The SMILES string of the molecule is C=C(C)CC(NC)C1CCC(CCC)CC1. The molecule has 1 rings (SSSR count). The highest BCUT2D eigenvalue weighted by molar-refractivity contribution is 4.95. The van der Waals surface area contributed by atoms with E-state index < -0.39 is 0 Å². The van der Waals surface area contributed by atoms with Gasteiger partial charge in [0.1, 0.15) is 0 Å². The van der Waals surface area contributed by atoms with Crippen LogP contribution >= 0.6 is 0 Å². The van der Waals surface area contributed by atoms with E-state index in [9.17, 15) is 0 Å². The molecule has 1 aliphatic rings. The molecule has 0 aliphatic heterocycles. The van der Waals surface area contributed by atoms with Crippen LogP contribution < -0.4 is 5.32 Å². The van der Waals surface area contributed by atoms with Crippen LogP contribution in [0.1, 0.15) is 58.8 Å². The molecule has 0 spiro atoms. The molecule has 0 aromatic rings. The molecule has 1 heteroatoms. The number of nitrogens with one attached hydrogen (secondary N) is 1. The fourth-order valence-corrected chi connectivity index (χ4v) is 3.17. The van der Waals surface area contributed by atoms with Gasteiger partial charge in [-0.15, -0.1) is 6.58 Å². The largest absolute Gasteiger partial charge is 0.316 e. The van der Waals surface area contributed by atoms with E-state index in [1.54, 1.807) is 0 Å². The Morgan fingerprint density at radius 3 is 2.38 bits per heavy atom. The van der Waals surface area contributed by atoms with Crippen LogP contribution in [-0.4, -0.2) is 13.1 Å². The van der Waals surface area contributed by atoms with Gasteiger partial charge in [0.15, 0.2) is 0 Å². The smallest absolute Gasteiger partial charge is 0.0129 e. The number of rotatable bonds is 6. The minimum absolute atomic E-state index is 0.667. The third-order valence-corrected chi connectivity index (χ3v) is 4.10. The highest BCUT2D eigenvalue weighted by Crippen LogP contribution is 2.34. The minimum atomic E-state index is 0.667. The third-order valence-electron chi connectivity index (χ3n) is 4.10. The van der Waals surface area contributed by atoms with Crippen molar-refractivity contribution in [3.63, 3.8) is 0 Å². The molecule has 1 saturated carbocycles. The highest BCUT2D eigenvalue weighted by Gasteiger charge is 2.26. The second-order valence-corrected chi connectivity index (χ2v) is 5.63. The topological polar surface area (TPSA) is 12.0 Å².